The Hall–Kier alpha value is -0.760. The Morgan fingerprint density at radius 3 is 2.39 bits per heavy atom. The van der Waals surface area contributed by atoms with E-state index in [1.54, 1.807) is 13.8 Å². The standard InChI is InChI=1S/C10H20F2N2O3S/c1-8(2)5-18(16,17)4-3-9(15)14-7-10(11,12)6-13/h8H,3-7,13H2,1-2H3,(H,14,15). The third kappa shape index (κ3) is 8.35. The maximum absolute atomic E-state index is 12.7. The van der Waals surface area contributed by atoms with Crippen LogP contribution in [-0.2, 0) is 14.6 Å². The van der Waals surface area contributed by atoms with Gasteiger partial charge in [-0.05, 0) is 5.92 Å². The van der Waals surface area contributed by atoms with Crippen LogP contribution in [0.4, 0.5) is 8.78 Å². The number of carbonyl (C=O) groups excluding carboxylic acids is 1. The number of hydrogen-bond donors (Lipinski definition) is 2. The lowest BCUT2D eigenvalue weighted by molar-refractivity contribution is -0.122. The average Bonchev–Trinajstić information content (AvgIpc) is 2.22. The van der Waals surface area contributed by atoms with Gasteiger partial charge >= 0.3 is 0 Å². The molecule has 1 amide bonds. The summed E-state index contributed by atoms with van der Waals surface area (Å²) in [5.41, 5.74) is 4.79. The smallest absolute Gasteiger partial charge is 0.277 e. The van der Waals surface area contributed by atoms with E-state index in [0.29, 0.717) is 0 Å². The van der Waals surface area contributed by atoms with Gasteiger partial charge in [0.2, 0.25) is 5.91 Å². The largest absolute Gasteiger partial charge is 0.350 e. The van der Waals surface area contributed by atoms with Crippen molar-refractivity contribution in [3.05, 3.63) is 0 Å². The van der Waals surface area contributed by atoms with Gasteiger partial charge in [0, 0.05) is 6.42 Å². The highest BCUT2D eigenvalue weighted by Gasteiger charge is 2.27. The molecule has 108 valence electrons. The second-order valence-corrected chi connectivity index (χ2v) is 6.82. The van der Waals surface area contributed by atoms with Crippen LogP contribution in [-0.4, -0.2) is 44.8 Å². The van der Waals surface area contributed by atoms with E-state index in [2.05, 4.69) is 0 Å². The minimum atomic E-state index is -3.31. The fourth-order valence-corrected chi connectivity index (χ4v) is 2.91. The third-order valence-electron chi connectivity index (χ3n) is 2.07. The van der Waals surface area contributed by atoms with Gasteiger partial charge in [0.25, 0.3) is 5.92 Å². The van der Waals surface area contributed by atoms with Crippen molar-refractivity contribution < 1.29 is 22.0 Å². The number of amides is 1. The van der Waals surface area contributed by atoms with Crippen LogP contribution in [0.2, 0.25) is 0 Å². The van der Waals surface area contributed by atoms with Gasteiger partial charge in [-0.25, -0.2) is 17.2 Å². The molecule has 0 bridgehead atoms. The van der Waals surface area contributed by atoms with Crippen LogP contribution >= 0.6 is 0 Å². The topological polar surface area (TPSA) is 89.3 Å². The number of alkyl halides is 2. The van der Waals surface area contributed by atoms with E-state index in [0.717, 1.165) is 0 Å². The Morgan fingerprint density at radius 1 is 1.39 bits per heavy atom. The van der Waals surface area contributed by atoms with Gasteiger partial charge in [-0.3, -0.25) is 4.79 Å². The highest BCUT2D eigenvalue weighted by atomic mass is 32.2. The van der Waals surface area contributed by atoms with Crippen molar-refractivity contribution in [3.63, 3.8) is 0 Å². The van der Waals surface area contributed by atoms with Crippen molar-refractivity contribution in [3.8, 4) is 0 Å². The summed E-state index contributed by atoms with van der Waals surface area (Å²) in [6.07, 6.45) is -0.310. The average molecular weight is 286 g/mol. The zero-order valence-corrected chi connectivity index (χ0v) is 11.4. The number of hydrogen-bond acceptors (Lipinski definition) is 4. The van der Waals surface area contributed by atoms with E-state index in [9.17, 15) is 22.0 Å². The molecule has 0 fully saturated rings. The monoisotopic (exact) mass is 286 g/mol. The normalized spacial score (nSPS) is 12.8. The van der Waals surface area contributed by atoms with Gasteiger partial charge in [0.05, 0.1) is 24.6 Å². The number of nitrogens with one attached hydrogen (secondary N) is 1. The summed E-state index contributed by atoms with van der Waals surface area (Å²) in [5.74, 6) is -4.24. The fourth-order valence-electron chi connectivity index (χ4n) is 1.23. The molecule has 0 aliphatic carbocycles. The van der Waals surface area contributed by atoms with Crippen molar-refractivity contribution >= 4 is 15.7 Å². The summed E-state index contributed by atoms with van der Waals surface area (Å²) in [5, 5.41) is 1.97. The molecule has 0 aromatic heterocycles. The number of rotatable bonds is 8. The van der Waals surface area contributed by atoms with Gasteiger partial charge in [-0.1, -0.05) is 13.8 Å². The molecule has 0 rings (SSSR count). The summed E-state index contributed by atoms with van der Waals surface area (Å²) >= 11 is 0. The number of carbonyl (C=O) groups is 1. The van der Waals surface area contributed by atoms with E-state index in [-0.39, 0.29) is 23.8 Å². The molecule has 0 aliphatic heterocycles. The van der Waals surface area contributed by atoms with Gasteiger partial charge in [0.15, 0.2) is 9.84 Å². The summed E-state index contributed by atoms with van der Waals surface area (Å²) < 4.78 is 48.3. The Morgan fingerprint density at radius 2 is 1.94 bits per heavy atom. The molecule has 0 unspecified atom stereocenters. The molecular weight excluding hydrogens is 266 g/mol. The molecule has 0 heterocycles. The first kappa shape index (κ1) is 17.2. The molecule has 8 heteroatoms. The van der Waals surface area contributed by atoms with Crippen molar-refractivity contribution in [2.45, 2.75) is 26.2 Å². The quantitative estimate of drug-likeness (QED) is 0.665. The summed E-state index contributed by atoms with van der Waals surface area (Å²) in [6, 6.07) is 0. The summed E-state index contributed by atoms with van der Waals surface area (Å²) in [7, 11) is -3.31. The first-order valence-electron chi connectivity index (χ1n) is 5.63. The third-order valence-corrected chi connectivity index (χ3v) is 4.07. The van der Waals surface area contributed by atoms with Gasteiger partial charge in [-0.2, -0.15) is 0 Å². The summed E-state index contributed by atoms with van der Waals surface area (Å²) in [6.45, 7) is 1.77. The predicted octanol–water partition coefficient (Wildman–Crippen LogP) is 0.158. The molecule has 0 aromatic rings. The lowest BCUT2D eigenvalue weighted by Gasteiger charge is -2.14. The lowest BCUT2D eigenvalue weighted by Crippen LogP contribution is -2.41. The van der Waals surface area contributed by atoms with E-state index in [1.165, 1.54) is 0 Å². The first-order valence-corrected chi connectivity index (χ1v) is 7.45. The Balaban J connectivity index is 4.05. The minimum Gasteiger partial charge on any atom is -0.350 e. The van der Waals surface area contributed by atoms with Crippen molar-refractivity contribution in [1.29, 1.82) is 0 Å². The van der Waals surface area contributed by atoms with Crippen molar-refractivity contribution in [2.24, 2.45) is 11.7 Å². The molecule has 0 atom stereocenters. The molecule has 18 heavy (non-hydrogen) atoms. The van der Waals surface area contributed by atoms with E-state index >= 15 is 0 Å². The molecule has 0 saturated heterocycles. The Kier molecular flexibility index (Phi) is 6.69. The Bertz CT molecular complexity index is 369. The van der Waals surface area contributed by atoms with Crippen LogP contribution in [0.1, 0.15) is 20.3 Å². The molecule has 0 spiro atoms. The van der Waals surface area contributed by atoms with Crippen molar-refractivity contribution in [2.75, 3.05) is 24.6 Å². The molecule has 5 nitrogen and oxygen atoms in total. The number of sulfone groups is 1. The van der Waals surface area contributed by atoms with Crippen LogP contribution in [0.3, 0.4) is 0 Å². The predicted molar refractivity (Wildman–Crippen MR) is 65.1 cm³/mol. The van der Waals surface area contributed by atoms with Crippen molar-refractivity contribution in [1.82, 2.24) is 5.32 Å². The highest BCUT2D eigenvalue weighted by Crippen LogP contribution is 2.09. The van der Waals surface area contributed by atoms with Gasteiger partial charge in [-0.15, -0.1) is 0 Å². The first-order chi connectivity index (χ1) is 8.08. The second-order valence-electron chi connectivity index (χ2n) is 4.60. The highest BCUT2D eigenvalue weighted by molar-refractivity contribution is 7.91. The van der Waals surface area contributed by atoms with E-state index in [4.69, 9.17) is 5.73 Å². The minimum absolute atomic E-state index is 0.0146. The number of nitrogens with two attached hydrogens (primary N) is 1. The number of halogens is 2. The zero-order chi connectivity index (χ0) is 14.4. The van der Waals surface area contributed by atoms with Crippen LogP contribution in [0.5, 0.6) is 0 Å². The van der Waals surface area contributed by atoms with Gasteiger partial charge in [0.1, 0.15) is 0 Å². The molecule has 3 N–H and O–H groups in total. The lowest BCUT2D eigenvalue weighted by atomic mass is 10.3. The second kappa shape index (κ2) is 6.98. The molecule has 0 aliphatic rings. The van der Waals surface area contributed by atoms with E-state index < -0.39 is 34.8 Å². The zero-order valence-electron chi connectivity index (χ0n) is 10.6. The maximum atomic E-state index is 12.7. The van der Waals surface area contributed by atoms with E-state index in [1.807, 2.05) is 5.32 Å². The molecule has 0 radical (unpaired) electrons. The summed E-state index contributed by atoms with van der Waals surface area (Å²) in [4.78, 5) is 11.2. The maximum Gasteiger partial charge on any atom is 0.277 e. The fraction of sp³-hybridized carbons (Fsp3) is 0.900. The van der Waals surface area contributed by atoms with Gasteiger partial charge < -0.3 is 11.1 Å². The molecule has 0 aromatic carbocycles. The van der Waals surface area contributed by atoms with Crippen LogP contribution in [0.15, 0.2) is 0 Å². The van der Waals surface area contributed by atoms with Crippen LogP contribution in [0, 0.1) is 5.92 Å². The van der Waals surface area contributed by atoms with Crippen LogP contribution < -0.4 is 11.1 Å². The molecule has 0 saturated carbocycles. The Labute approximate surface area is 106 Å². The SMILES string of the molecule is CC(C)CS(=O)(=O)CCC(=O)NCC(F)(F)CN. The molecular formula is C10H20F2N2O3S. The van der Waals surface area contributed by atoms with Crippen LogP contribution in [0.25, 0.3) is 0 Å².